The van der Waals surface area contributed by atoms with Crippen molar-refractivity contribution in [3.8, 4) is 0 Å². The van der Waals surface area contributed by atoms with Crippen LogP contribution in [0.3, 0.4) is 0 Å². The SMILES string of the molecule is Cn1ccc(C(N)C2(O)CC(CF)(CF)C2)n1. The van der Waals surface area contributed by atoms with Gasteiger partial charge in [0.1, 0.15) is 0 Å². The molecule has 1 fully saturated rings. The van der Waals surface area contributed by atoms with Crippen LogP contribution in [-0.4, -0.2) is 33.8 Å². The van der Waals surface area contributed by atoms with E-state index in [-0.39, 0.29) is 12.8 Å². The summed E-state index contributed by atoms with van der Waals surface area (Å²) in [6, 6.07) is 1.00. The minimum Gasteiger partial charge on any atom is -0.388 e. The molecule has 0 amide bonds. The molecule has 2 rings (SSSR count). The molecule has 1 atom stereocenters. The molecule has 1 aliphatic rings. The van der Waals surface area contributed by atoms with Crippen molar-refractivity contribution in [1.82, 2.24) is 9.78 Å². The fourth-order valence-corrected chi connectivity index (χ4v) is 2.57. The highest BCUT2D eigenvalue weighted by atomic mass is 19.1. The molecular weight excluding hydrogens is 228 g/mol. The average Bonchev–Trinajstić information content (AvgIpc) is 2.70. The smallest absolute Gasteiger partial charge is 0.0977 e. The maximum absolute atomic E-state index is 12.7. The number of alkyl halides is 2. The average molecular weight is 245 g/mol. The molecule has 0 radical (unpaired) electrons. The van der Waals surface area contributed by atoms with Crippen LogP contribution < -0.4 is 5.73 Å². The summed E-state index contributed by atoms with van der Waals surface area (Å²) in [6.45, 7) is -1.53. The first kappa shape index (κ1) is 12.4. The van der Waals surface area contributed by atoms with Gasteiger partial charge in [-0.3, -0.25) is 13.5 Å². The molecule has 1 heterocycles. The number of aromatic nitrogens is 2. The van der Waals surface area contributed by atoms with Gasteiger partial charge in [0.05, 0.1) is 30.7 Å². The maximum atomic E-state index is 12.7. The normalized spacial score (nSPS) is 23.1. The van der Waals surface area contributed by atoms with Crippen LogP contribution in [0.5, 0.6) is 0 Å². The van der Waals surface area contributed by atoms with Crippen LogP contribution in [0, 0.1) is 5.41 Å². The molecule has 0 bridgehead atoms. The van der Waals surface area contributed by atoms with Crippen LogP contribution in [0.1, 0.15) is 24.6 Å². The summed E-state index contributed by atoms with van der Waals surface area (Å²) in [5, 5.41) is 14.3. The van der Waals surface area contributed by atoms with Crippen LogP contribution >= 0.6 is 0 Å². The number of nitrogens with two attached hydrogens (primary N) is 1. The number of nitrogens with zero attached hydrogens (tertiary/aromatic N) is 2. The Hall–Kier alpha value is -1.01. The monoisotopic (exact) mass is 245 g/mol. The molecule has 4 nitrogen and oxygen atoms in total. The summed E-state index contributed by atoms with van der Waals surface area (Å²) >= 11 is 0. The zero-order valence-corrected chi connectivity index (χ0v) is 9.74. The van der Waals surface area contributed by atoms with E-state index in [9.17, 15) is 13.9 Å². The number of hydrogen-bond acceptors (Lipinski definition) is 3. The van der Waals surface area contributed by atoms with Gasteiger partial charge in [-0.2, -0.15) is 5.10 Å². The van der Waals surface area contributed by atoms with Crippen LogP contribution in [0.4, 0.5) is 8.78 Å². The van der Waals surface area contributed by atoms with E-state index in [1.165, 1.54) is 0 Å². The van der Waals surface area contributed by atoms with Gasteiger partial charge in [-0.25, -0.2) is 0 Å². The predicted molar refractivity (Wildman–Crippen MR) is 58.7 cm³/mol. The van der Waals surface area contributed by atoms with Gasteiger partial charge in [-0.1, -0.05) is 0 Å². The van der Waals surface area contributed by atoms with Crippen molar-refractivity contribution in [2.75, 3.05) is 13.3 Å². The van der Waals surface area contributed by atoms with E-state index < -0.39 is 30.4 Å². The first-order valence-corrected chi connectivity index (χ1v) is 5.54. The number of rotatable bonds is 4. The second kappa shape index (κ2) is 4.03. The highest BCUT2D eigenvalue weighted by molar-refractivity contribution is 5.17. The highest BCUT2D eigenvalue weighted by Crippen LogP contribution is 2.53. The van der Waals surface area contributed by atoms with Crippen molar-refractivity contribution >= 4 is 0 Å². The van der Waals surface area contributed by atoms with Crippen molar-refractivity contribution in [1.29, 1.82) is 0 Å². The standard InChI is InChI=1S/C11H17F2N3O/c1-16-3-2-8(15-16)9(14)11(17)4-10(5-11,6-12)7-13/h2-3,9,17H,4-7,14H2,1H3. The Balaban J connectivity index is 2.09. The van der Waals surface area contributed by atoms with Gasteiger partial charge in [0.2, 0.25) is 0 Å². The number of aliphatic hydroxyl groups is 1. The van der Waals surface area contributed by atoms with Crippen molar-refractivity contribution in [3.05, 3.63) is 18.0 Å². The molecule has 1 unspecified atom stereocenters. The topological polar surface area (TPSA) is 64.1 Å². The first-order chi connectivity index (χ1) is 7.95. The van der Waals surface area contributed by atoms with Crippen molar-refractivity contribution in [2.24, 2.45) is 18.2 Å². The lowest BCUT2D eigenvalue weighted by molar-refractivity contribution is -0.159. The molecule has 17 heavy (non-hydrogen) atoms. The van der Waals surface area contributed by atoms with Crippen LogP contribution in [0.25, 0.3) is 0 Å². The minimum absolute atomic E-state index is 0.0464. The predicted octanol–water partition coefficient (Wildman–Crippen LogP) is 0.870. The zero-order valence-electron chi connectivity index (χ0n) is 9.74. The minimum atomic E-state index is -1.24. The lowest BCUT2D eigenvalue weighted by Crippen LogP contribution is -2.59. The van der Waals surface area contributed by atoms with Gasteiger partial charge in [0.15, 0.2) is 0 Å². The number of hydrogen-bond donors (Lipinski definition) is 2. The van der Waals surface area contributed by atoms with Gasteiger partial charge in [-0.15, -0.1) is 0 Å². The lowest BCUT2D eigenvalue weighted by Gasteiger charge is -2.52. The second-order valence-corrected chi connectivity index (χ2v) is 5.12. The van der Waals surface area contributed by atoms with Gasteiger partial charge < -0.3 is 10.8 Å². The molecule has 1 saturated carbocycles. The molecule has 0 saturated heterocycles. The Bertz CT molecular complexity index is 395. The van der Waals surface area contributed by atoms with E-state index >= 15 is 0 Å². The summed E-state index contributed by atoms with van der Waals surface area (Å²) in [5.74, 6) is 0. The fourth-order valence-electron chi connectivity index (χ4n) is 2.57. The summed E-state index contributed by atoms with van der Waals surface area (Å²) in [4.78, 5) is 0. The Morgan fingerprint density at radius 1 is 1.53 bits per heavy atom. The molecular formula is C11H17F2N3O. The largest absolute Gasteiger partial charge is 0.388 e. The van der Waals surface area contributed by atoms with E-state index in [4.69, 9.17) is 5.73 Å². The molecule has 6 heteroatoms. The van der Waals surface area contributed by atoms with Crippen molar-refractivity contribution < 1.29 is 13.9 Å². The number of aryl methyl sites for hydroxylation is 1. The molecule has 0 aromatic carbocycles. The molecule has 96 valence electrons. The summed E-state index contributed by atoms with van der Waals surface area (Å²) in [7, 11) is 1.74. The molecule has 1 aromatic heterocycles. The first-order valence-electron chi connectivity index (χ1n) is 5.54. The van der Waals surface area contributed by atoms with Crippen molar-refractivity contribution in [2.45, 2.75) is 24.5 Å². The molecule has 0 spiro atoms. The fraction of sp³-hybridized carbons (Fsp3) is 0.727. The van der Waals surface area contributed by atoms with E-state index in [2.05, 4.69) is 5.10 Å². The van der Waals surface area contributed by atoms with E-state index in [1.54, 1.807) is 24.0 Å². The summed E-state index contributed by atoms with van der Waals surface area (Å²) in [6.07, 6.45) is 1.81. The van der Waals surface area contributed by atoms with E-state index in [0.29, 0.717) is 5.69 Å². The van der Waals surface area contributed by atoms with Gasteiger partial charge in [0, 0.05) is 18.7 Å². The quantitative estimate of drug-likeness (QED) is 0.827. The van der Waals surface area contributed by atoms with Crippen LogP contribution in [0.15, 0.2) is 12.3 Å². The molecule has 3 N–H and O–H groups in total. The van der Waals surface area contributed by atoms with E-state index in [0.717, 1.165) is 0 Å². The van der Waals surface area contributed by atoms with Gasteiger partial charge >= 0.3 is 0 Å². The van der Waals surface area contributed by atoms with Gasteiger partial charge in [-0.05, 0) is 18.9 Å². The Morgan fingerprint density at radius 3 is 2.53 bits per heavy atom. The third-order valence-electron chi connectivity index (χ3n) is 3.56. The molecule has 0 aliphatic heterocycles. The van der Waals surface area contributed by atoms with Crippen LogP contribution in [-0.2, 0) is 7.05 Å². The third-order valence-corrected chi connectivity index (χ3v) is 3.56. The summed E-state index contributed by atoms with van der Waals surface area (Å²) in [5.41, 5.74) is 4.17. The third kappa shape index (κ3) is 1.95. The second-order valence-electron chi connectivity index (χ2n) is 5.12. The maximum Gasteiger partial charge on any atom is 0.0977 e. The highest BCUT2D eigenvalue weighted by Gasteiger charge is 2.57. The Kier molecular flexibility index (Phi) is 2.95. The number of halogens is 2. The lowest BCUT2D eigenvalue weighted by atomic mass is 9.57. The Labute approximate surface area is 98.4 Å². The zero-order chi connectivity index (χ0) is 12.7. The molecule has 1 aromatic rings. The Morgan fingerprint density at radius 2 is 2.12 bits per heavy atom. The van der Waals surface area contributed by atoms with Gasteiger partial charge in [0.25, 0.3) is 0 Å². The van der Waals surface area contributed by atoms with Crippen molar-refractivity contribution in [3.63, 3.8) is 0 Å². The van der Waals surface area contributed by atoms with E-state index in [1.807, 2.05) is 0 Å². The summed E-state index contributed by atoms with van der Waals surface area (Å²) < 4.78 is 27.0. The molecule has 1 aliphatic carbocycles. The van der Waals surface area contributed by atoms with Crippen LogP contribution in [0.2, 0.25) is 0 Å².